The zero-order valence-corrected chi connectivity index (χ0v) is 23.0. The number of hydrogen-bond acceptors (Lipinski definition) is 13. The summed E-state index contributed by atoms with van der Waals surface area (Å²) in [7, 11) is -17.0. The lowest BCUT2D eigenvalue weighted by atomic mass is 10.1. The molecule has 0 spiro atoms. The molecule has 1 aromatic carbocycles. The Morgan fingerprint density at radius 3 is 2.27 bits per heavy atom. The van der Waals surface area contributed by atoms with E-state index in [2.05, 4.69) is 18.1 Å². The summed E-state index contributed by atoms with van der Waals surface area (Å²) >= 11 is 0. The van der Waals surface area contributed by atoms with Crippen molar-refractivity contribution in [2.75, 3.05) is 6.61 Å². The van der Waals surface area contributed by atoms with Gasteiger partial charge in [0.15, 0.2) is 6.23 Å². The first-order chi connectivity index (χ1) is 19.1. The van der Waals surface area contributed by atoms with E-state index in [4.69, 9.17) is 18.9 Å². The van der Waals surface area contributed by atoms with E-state index in [1.54, 1.807) is 30.3 Å². The summed E-state index contributed by atoms with van der Waals surface area (Å²) in [6.45, 7) is -1.45. The number of aromatic nitrogens is 3. The van der Waals surface area contributed by atoms with E-state index in [0.29, 0.717) is 5.56 Å². The highest BCUT2D eigenvalue weighted by Crippen LogP contribution is 2.66. The van der Waals surface area contributed by atoms with E-state index >= 15 is 0 Å². The number of nitrogens with zero attached hydrogens (tertiary/aromatic N) is 3. The Kier molecular flexibility index (Phi) is 9.13. The van der Waals surface area contributed by atoms with Crippen molar-refractivity contribution in [3.8, 4) is 11.5 Å². The highest BCUT2D eigenvalue weighted by Gasteiger charge is 2.47. The van der Waals surface area contributed by atoms with Gasteiger partial charge in [0.25, 0.3) is 5.56 Å². The van der Waals surface area contributed by atoms with Gasteiger partial charge in [-0.2, -0.15) is 8.62 Å². The molecule has 2 aromatic heterocycles. The van der Waals surface area contributed by atoms with Crippen molar-refractivity contribution in [1.82, 2.24) is 14.1 Å². The fourth-order valence-electron chi connectivity index (χ4n) is 3.69. The van der Waals surface area contributed by atoms with Gasteiger partial charge in [-0.15, -0.1) is 0 Å². The summed E-state index contributed by atoms with van der Waals surface area (Å²) in [5.41, 5.74) is -1.10. The first-order valence-electron chi connectivity index (χ1n) is 11.2. The Balaban J connectivity index is 1.48. The van der Waals surface area contributed by atoms with Crippen molar-refractivity contribution in [2.24, 2.45) is 0 Å². The summed E-state index contributed by atoms with van der Waals surface area (Å²) in [6.07, 6.45) is -4.70. The number of hydrogen-bond donors (Lipinski definition) is 6. The van der Waals surface area contributed by atoms with Gasteiger partial charge in [-0.25, -0.2) is 23.5 Å². The van der Waals surface area contributed by atoms with Crippen LogP contribution in [0.2, 0.25) is 0 Å². The zero-order chi connectivity index (χ0) is 30.2. The Hall–Kier alpha value is -2.60. The van der Waals surface area contributed by atoms with E-state index in [-0.39, 0.29) is 18.2 Å². The minimum atomic E-state index is -5.79. The predicted octanol–water partition coefficient (Wildman–Crippen LogP) is -0.324. The number of aliphatic hydroxyl groups excluding tert-OH is 2. The Labute approximate surface area is 228 Å². The third-order valence-electron chi connectivity index (χ3n) is 5.41. The van der Waals surface area contributed by atoms with Gasteiger partial charge in [0.2, 0.25) is 5.89 Å². The quantitative estimate of drug-likeness (QED) is 0.146. The molecule has 4 rings (SSSR count). The van der Waals surface area contributed by atoms with Gasteiger partial charge in [-0.1, -0.05) is 18.2 Å². The summed E-state index contributed by atoms with van der Waals surface area (Å²) in [5.74, 6) is 0.379. The molecule has 1 fully saturated rings. The normalized spacial score (nSPS) is 24.1. The van der Waals surface area contributed by atoms with Gasteiger partial charge in [0.1, 0.15) is 24.1 Å². The number of phosphoric ester groups is 1. The maximum absolute atomic E-state index is 13.1. The van der Waals surface area contributed by atoms with Crippen LogP contribution in [0.4, 0.5) is 0 Å². The lowest BCUT2D eigenvalue weighted by Crippen LogP contribution is -2.43. The van der Waals surface area contributed by atoms with Crippen molar-refractivity contribution in [1.29, 1.82) is 0 Å². The lowest BCUT2D eigenvalue weighted by Gasteiger charge is -2.19. The SMILES string of the molecule is O=c1ccn([C@@H]2O[C@H](COP(=O)(O)OP(=O)(O)OP(=O)(O)O)[C@H](O)[C@@H]2O)c(=O)n1Cc1cnc(-c2ccccc2)o1. The number of oxazole rings is 1. The average molecular weight is 641 g/mol. The smallest absolute Gasteiger partial charge is 0.439 e. The van der Waals surface area contributed by atoms with Crippen LogP contribution < -0.4 is 11.2 Å². The summed E-state index contributed by atoms with van der Waals surface area (Å²) in [5, 5.41) is 20.8. The van der Waals surface area contributed by atoms with Gasteiger partial charge in [0, 0.05) is 17.8 Å². The molecule has 6 N–H and O–H groups in total. The summed E-state index contributed by atoms with van der Waals surface area (Å²) < 4.78 is 58.2. The molecule has 1 aliphatic rings. The van der Waals surface area contributed by atoms with Crippen molar-refractivity contribution in [2.45, 2.75) is 31.1 Å². The maximum atomic E-state index is 13.1. The largest absolute Gasteiger partial charge is 0.490 e. The Morgan fingerprint density at radius 1 is 0.927 bits per heavy atom. The summed E-state index contributed by atoms with van der Waals surface area (Å²) in [4.78, 5) is 65.7. The number of ether oxygens (including phenoxy) is 1. The van der Waals surface area contributed by atoms with Gasteiger partial charge in [-0.05, 0) is 12.1 Å². The molecule has 41 heavy (non-hydrogen) atoms. The van der Waals surface area contributed by atoms with Gasteiger partial charge < -0.3 is 38.9 Å². The Bertz CT molecular complexity index is 1650. The van der Waals surface area contributed by atoms with E-state index in [1.165, 1.54) is 6.20 Å². The molecule has 224 valence electrons. The van der Waals surface area contributed by atoms with E-state index in [0.717, 1.165) is 21.4 Å². The second kappa shape index (κ2) is 11.9. The third kappa shape index (κ3) is 7.82. The van der Waals surface area contributed by atoms with Crippen molar-refractivity contribution < 1.29 is 65.8 Å². The maximum Gasteiger partial charge on any atom is 0.490 e. The van der Waals surface area contributed by atoms with Crippen LogP contribution in [0.5, 0.6) is 0 Å². The third-order valence-corrected chi connectivity index (χ3v) is 9.22. The van der Waals surface area contributed by atoms with Crippen LogP contribution in [0, 0.1) is 0 Å². The molecule has 3 aromatic rings. The molecular weight excluding hydrogens is 619 g/mol. The second-order valence-electron chi connectivity index (χ2n) is 8.36. The van der Waals surface area contributed by atoms with Crippen LogP contribution in [0.25, 0.3) is 11.5 Å². The molecule has 19 nitrogen and oxygen atoms in total. The molecule has 0 radical (unpaired) electrons. The molecule has 2 unspecified atom stereocenters. The number of aliphatic hydroxyl groups is 2. The molecule has 22 heteroatoms. The first kappa shape index (κ1) is 31.3. The molecule has 0 aliphatic carbocycles. The Morgan fingerprint density at radius 2 is 1.61 bits per heavy atom. The highest BCUT2D eigenvalue weighted by atomic mass is 31.3. The van der Waals surface area contributed by atoms with Crippen molar-refractivity contribution in [3.63, 3.8) is 0 Å². The fourth-order valence-corrected chi connectivity index (χ4v) is 6.72. The van der Waals surface area contributed by atoms with Crippen LogP contribution >= 0.6 is 23.5 Å². The van der Waals surface area contributed by atoms with E-state index in [9.17, 15) is 43.3 Å². The highest BCUT2D eigenvalue weighted by molar-refractivity contribution is 7.66. The molecule has 0 bridgehead atoms. The number of rotatable bonds is 11. The van der Waals surface area contributed by atoms with Crippen LogP contribution in [0.15, 0.2) is 62.8 Å². The fraction of sp³-hybridized carbons (Fsp3) is 0.316. The molecule has 1 saturated heterocycles. The minimum absolute atomic E-state index is 0.141. The monoisotopic (exact) mass is 641 g/mol. The first-order valence-corrected chi connectivity index (χ1v) is 15.7. The van der Waals surface area contributed by atoms with Crippen molar-refractivity contribution >= 4 is 23.5 Å². The van der Waals surface area contributed by atoms with Crippen LogP contribution in [0.1, 0.15) is 12.0 Å². The molecular formula is C19H22N3O16P3. The van der Waals surface area contributed by atoms with Crippen molar-refractivity contribution in [3.05, 3.63) is 75.4 Å². The average Bonchev–Trinajstić information content (AvgIpc) is 3.44. The minimum Gasteiger partial charge on any atom is -0.439 e. The molecule has 0 amide bonds. The van der Waals surface area contributed by atoms with E-state index in [1.807, 2.05) is 0 Å². The molecule has 0 saturated carbocycles. The number of phosphoric acid groups is 3. The topological polar surface area (TPSA) is 280 Å². The van der Waals surface area contributed by atoms with Gasteiger partial charge >= 0.3 is 29.2 Å². The predicted molar refractivity (Wildman–Crippen MR) is 132 cm³/mol. The number of benzene rings is 1. The molecule has 6 atom stereocenters. The molecule has 1 aliphatic heterocycles. The van der Waals surface area contributed by atoms with Crippen LogP contribution in [-0.4, -0.2) is 68.8 Å². The van der Waals surface area contributed by atoms with Gasteiger partial charge in [0.05, 0.1) is 19.3 Å². The standard InChI is InChI=1S/C19H22N3O16P3/c23-14-6-7-21(19(26)22(14)9-12-8-20-17(35-12)11-4-2-1-3-5-11)18-16(25)15(24)13(36-18)10-34-40(30,31)38-41(32,33)37-39(27,28)29/h1-8,13,15-16,18,24-25H,9-10H2,(H,30,31)(H,32,33)(H2,27,28,29)/t13-,15+,16+,18-/m1/s1. The van der Waals surface area contributed by atoms with Crippen LogP contribution in [0.3, 0.4) is 0 Å². The van der Waals surface area contributed by atoms with E-state index < -0.39 is 65.9 Å². The lowest BCUT2D eigenvalue weighted by molar-refractivity contribution is -0.0547. The van der Waals surface area contributed by atoms with Crippen LogP contribution in [-0.2, 0) is 38.1 Å². The zero-order valence-electron chi connectivity index (χ0n) is 20.3. The second-order valence-corrected chi connectivity index (χ2v) is 12.8. The van der Waals surface area contributed by atoms with Gasteiger partial charge in [-0.3, -0.25) is 18.5 Å². The summed E-state index contributed by atoms with van der Waals surface area (Å²) in [6, 6.07) is 9.76. The molecule has 3 heterocycles.